The Morgan fingerprint density at radius 2 is 1.59 bits per heavy atom. The van der Waals surface area contributed by atoms with Crippen molar-refractivity contribution in [2.45, 2.75) is 63.3 Å². The minimum absolute atomic E-state index is 0.0907. The Labute approximate surface area is 260 Å². The summed E-state index contributed by atoms with van der Waals surface area (Å²) in [6, 6.07) is 15.4. The smallest absolute Gasteiger partial charge is 0.417 e. The molecule has 0 bridgehead atoms. The van der Waals surface area contributed by atoms with E-state index < -0.39 is 62.4 Å². The van der Waals surface area contributed by atoms with Gasteiger partial charge in [-0.1, -0.05) is 48.9 Å². The van der Waals surface area contributed by atoms with Crippen LogP contribution in [0.3, 0.4) is 0 Å². The number of nitrogens with zero attached hydrogens (tertiary/aromatic N) is 2. The van der Waals surface area contributed by atoms with Crippen molar-refractivity contribution in [3.8, 4) is 5.75 Å². The molecular weight excluding hydrogens is 619 g/mol. The van der Waals surface area contributed by atoms with Crippen molar-refractivity contribution >= 4 is 39.1 Å². The Hall–Kier alpha value is -3.77. The standard InChI is InChI=1S/C31H35ClF3N3O5S/c1-6-27(29(40)36-30(2,3)4)37(19-21-12-15-23(43-5)16-13-21)28(39)20-38(44(41,42)24-10-8-7-9-11-24)22-14-17-26(32)25(18-22)31(33,34)35/h7-18,27H,6,19-20H2,1-5H3,(H,36,40). The molecule has 0 radical (unpaired) electrons. The van der Waals surface area contributed by atoms with Gasteiger partial charge in [0.05, 0.1) is 28.3 Å². The van der Waals surface area contributed by atoms with Crippen LogP contribution < -0.4 is 14.4 Å². The van der Waals surface area contributed by atoms with Crippen molar-refractivity contribution in [1.82, 2.24) is 10.2 Å². The van der Waals surface area contributed by atoms with Crippen LogP contribution in [-0.4, -0.2) is 50.4 Å². The van der Waals surface area contributed by atoms with Crippen molar-refractivity contribution in [1.29, 1.82) is 0 Å². The third kappa shape index (κ3) is 8.66. The number of alkyl halides is 3. The molecule has 3 rings (SSSR count). The molecule has 0 aliphatic carbocycles. The molecular formula is C31H35ClF3N3O5S. The minimum Gasteiger partial charge on any atom is -0.497 e. The first kappa shape index (κ1) is 34.7. The lowest BCUT2D eigenvalue weighted by Crippen LogP contribution is -2.55. The lowest BCUT2D eigenvalue weighted by Gasteiger charge is -2.35. The van der Waals surface area contributed by atoms with Crippen molar-refractivity contribution in [2.24, 2.45) is 0 Å². The normalized spacial score (nSPS) is 12.8. The van der Waals surface area contributed by atoms with Gasteiger partial charge in [-0.25, -0.2) is 8.42 Å². The summed E-state index contributed by atoms with van der Waals surface area (Å²) in [5.74, 6) is -0.711. The molecule has 13 heteroatoms. The highest BCUT2D eigenvalue weighted by molar-refractivity contribution is 7.92. The number of nitrogens with one attached hydrogen (secondary N) is 1. The Morgan fingerprint density at radius 1 is 0.977 bits per heavy atom. The molecule has 1 unspecified atom stereocenters. The van der Waals surface area contributed by atoms with Crippen LogP contribution in [0.4, 0.5) is 18.9 Å². The molecule has 0 aromatic heterocycles. The molecule has 0 spiro atoms. The highest BCUT2D eigenvalue weighted by Gasteiger charge is 2.37. The van der Waals surface area contributed by atoms with Gasteiger partial charge in [-0.05, 0) is 75.2 Å². The lowest BCUT2D eigenvalue weighted by atomic mass is 10.1. The zero-order chi connectivity index (χ0) is 32.9. The highest BCUT2D eigenvalue weighted by Crippen LogP contribution is 2.38. The molecule has 8 nitrogen and oxygen atoms in total. The Kier molecular flexibility index (Phi) is 11.0. The number of hydrogen-bond donors (Lipinski definition) is 1. The molecule has 1 N–H and O–H groups in total. The van der Waals surface area contributed by atoms with Gasteiger partial charge in [0.15, 0.2) is 0 Å². The van der Waals surface area contributed by atoms with E-state index in [1.165, 1.54) is 36.3 Å². The van der Waals surface area contributed by atoms with Crippen LogP contribution in [0.2, 0.25) is 5.02 Å². The quantitative estimate of drug-likeness (QED) is 0.263. The number of methoxy groups -OCH3 is 1. The van der Waals surface area contributed by atoms with Crippen LogP contribution in [0.25, 0.3) is 0 Å². The fraction of sp³-hybridized carbons (Fsp3) is 0.355. The van der Waals surface area contributed by atoms with Gasteiger partial charge in [0, 0.05) is 12.1 Å². The number of ether oxygens (including phenoxy) is 1. The fourth-order valence-electron chi connectivity index (χ4n) is 4.43. The molecule has 238 valence electrons. The first-order valence-corrected chi connectivity index (χ1v) is 15.5. The monoisotopic (exact) mass is 653 g/mol. The molecule has 3 aromatic rings. The summed E-state index contributed by atoms with van der Waals surface area (Å²) in [5, 5.41) is 2.23. The number of carbonyl (C=O) groups is 2. The van der Waals surface area contributed by atoms with Crippen LogP contribution in [0.5, 0.6) is 5.75 Å². The number of benzene rings is 3. The minimum atomic E-state index is -4.89. The van der Waals surface area contributed by atoms with E-state index in [2.05, 4.69) is 5.32 Å². The maximum atomic E-state index is 14.1. The van der Waals surface area contributed by atoms with Crippen LogP contribution in [-0.2, 0) is 32.3 Å². The summed E-state index contributed by atoms with van der Waals surface area (Å²) in [5.41, 5.74) is -1.71. The average molecular weight is 654 g/mol. The van der Waals surface area contributed by atoms with Gasteiger partial charge in [0.2, 0.25) is 11.8 Å². The van der Waals surface area contributed by atoms with E-state index in [4.69, 9.17) is 16.3 Å². The summed E-state index contributed by atoms with van der Waals surface area (Å²) < 4.78 is 74.9. The molecule has 0 saturated carbocycles. The molecule has 44 heavy (non-hydrogen) atoms. The predicted molar refractivity (Wildman–Crippen MR) is 163 cm³/mol. The van der Waals surface area contributed by atoms with Crippen LogP contribution >= 0.6 is 11.6 Å². The number of amides is 2. The molecule has 0 heterocycles. The van der Waals surface area contributed by atoms with Gasteiger partial charge >= 0.3 is 6.18 Å². The highest BCUT2D eigenvalue weighted by atomic mass is 35.5. The average Bonchev–Trinajstić information content (AvgIpc) is 2.95. The number of rotatable bonds is 11. The van der Waals surface area contributed by atoms with Gasteiger partial charge in [-0.15, -0.1) is 0 Å². The molecule has 3 aromatic carbocycles. The van der Waals surface area contributed by atoms with E-state index in [9.17, 15) is 31.2 Å². The van der Waals surface area contributed by atoms with Gasteiger partial charge in [-0.2, -0.15) is 13.2 Å². The van der Waals surface area contributed by atoms with E-state index in [0.29, 0.717) is 21.7 Å². The Bertz CT molecular complexity index is 1560. The first-order valence-electron chi connectivity index (χ1n) is 13.7. The Morgan fingerprint density at radius 3 is 2.11 bits per heavy atom. The molecule has 0 aliphatic heterocycles. The number of sulfonamides is 1. The largest absolute Gasteiger partial charge is 0.497 e. The van der Waals surface area contributed by atoms with Crippen LogP contribution in [0.15, 0.2) is 77.7 Å². The maximum Gasteiger partial charge on any atom is 0.417 e. The molecule has 0 saturated heterocycles. The third-order valence-electron chi connectivity index (χ3n) is 6.55. The van der Waals surface area contributed by atoms with Crippen molar-refractivity contribution in [3.05, 3.63) is 88.9 Å². The van der Waals surface area contributed by atoms with Crippen LogP contribution in [0.1, 0.15) is 45.2 Å². The van der Waals surface area contributed by atoms with E-state index in [1.807, 2.05) is 0 Å². The van der Waals surface area contributed by atoms with E-state index in [0.717, 1.165) is 12.1 Å². The SMILES string of the molecule is CCC(C(=O)NC(C)(C)C)N(Cc1ccc(OC)cc1)C(=O)CN(c1ccc(Cl)c(C(F)(F)F)c1)S(=O)(=O)c1ccccc1. The van der Waals surface area contributed by atoms with E-state index in [1.54, 1.807) is 58.0 Å². The summed E-state index contributed by atoms with van der Waals surface area (Å²) >= 11 is 5.82. The molecule has 2 amide bonds. The topological polar surface area (TPSA) is 96.0 Å². The number of halogens is 4. The fourth-order valence-corrected chi connectivity index (χ4v) is 6.09. The maximum absolute atomic E-state index is 14.1. The van der Waals surface area contributed by atoms with Crippen molar-refractivity contribution in [3.63, 3.8) is 0 Å². The van der Waals surface area contributed by atoms with Gasteiger partial charge in [0.25, 0.3) is 10.0 Å². The molecule has 0 aliphatic rings. The zero-order valence-electron chi connectivity index (χ0n) is 25.0. The van der Waals surface area contributed by atoms with E-state index in [-0.39, 0.29) is 17.9 Å². The first-order chi connectivity index (χ1) is 20.5. The summed E-state index contributed by atoms with van der Waals surface area (Å²) in [6.45, 7) is 6.05. The van der Waals surface area contributed by atoms with Gasteiger partial charge in [0.1, 0.15) is 18.3 Å². The lowest BCUT2D eigenvalue weighted by molar-refractivity contribution is -0.141. The predicted octanol–water partition coefficient (Wildman–Crippen LogP) is 6.28. The van der Waals surface area contributed by atoms with Crippen molar-refractivity contribution < 1.29 is 35.9 Å². The molecule has 1 atom stereocenters. The second-order valence-electron chi connectivity index (χ2n) is 11.0. The van der Waals surface area contributed by atoms with Crippen molar-refractivity contribution in [2.75, 3.05) is 18.0 Å². The number of hydrogen-bond acceptors (Lipinski definition) is 5. The Balaban J connectivity index is 2.14. The second kappa shape index (κ2) is 13.9. The van der Waals surface area contributed by atoms with Crippen LogP contribution in [0, 0.1) is 0 Å². The van der Waals surface area contributed by atoms with Gasteiger partial charge in [-0.3, -0.25) is 13.9 Å². The van der Waals surface area contributed by atoms with Gasteiger partial charge < -0.3 is 15.0 Å². The number of anilines is 1. The third-order valence-corrected chi connectivity index (χ3v) is 8.67. The summed E-state index contributed by atoms with van der Waals surface area (Å²) in [4.78, 5) is 28.5. The number of carbonyl (C=O) groups excluding carboxylic acids is 2. The second-order valence-corrected chi connectivity index (χ2v) is 13.3. The summed E-state index contributed by atoms with van der Waals surface area (Å²) in [7, 11) is -3.07. The molecule has 0 fully saturated rings. The van der Waals surface area contributed by atoms with E-state index >= 15 is 0 Å². The summed E-state index contributed by atoms with van der Waals surface area (Å²) in [6.07, 6.45) is -4.72. The zero-order valence-corrected chi connectivity index (χ0v) is 26.6.